The monoisotopic (exact) mass is 455 g/mol. The molecule has 8 heteroatoms. The van der Waals surface area contributed by atoms with E-state index in [9.17, 15) is 14.4 Å². The molecule has 0 aliphatic carbocycles. The number of amides is 3. The number of ether oxygens (including phenoxy) is 2. The largest absolute Gasteiger partial charge is 0.493 e. The third-order valence-electron chi connectivity index (χ3n) is 4.45. The molecule has 2 aromatic rings. The van der Waals surface area contributed by atoms with Gasteiger partial charge in [-0.2, -0.15) is 0 Å². The van der Waals surface area contributed by atoms with Gasteiger partial charge in [-0.15, -0.1) is 0 Å². The number of carbonyl (C=O) groups excluding carboxylic acids is 3. The van der Waals surface area contributed by atoms with E-state index in [-0.39, 0.29) is 18.4 Å². The summed E-state index contributed by atoms with van der Waals surface area (Å²) in [7, 11) is 0. The molecule has 0 radical (unpaired) electrons. The summed E-state index contributed by atoms with van der Waals surface area (Å²) in [5, 5.41) is 7.89. The molecule has 0 bridgehead atoms. The Kier molecular flexibility index (Phi) is 9.27. The van der Waals surface area contributed by atoms with E-state index in [1.807, 2.05) is 32.0 Å². The van der Waals surface area contributed by atoms with Crippen LogP contribution in [0.15, 0.2) is 42.5 Å². The molecule has 0 aliphatic heterocycles. The molecule has 0 spiro atoms. The number of carbonyl (C=O) groups is 3. The van der Waals surface area contributed by atoms with Gasteiger partial charge in [0.15, 0.2) is 0 Å². The van der Waals surface area contributed by atoms with Crippen LogP contribution in [0.25, 0.3) is 0 Å². The smallest absolute Gasteiger partial charge is 0.408 e. The summed E-state index contributed by atoms with van der Waals surface area (Å²) in [6, 6.07) is 12.7. The first-order chi connectivity index (χ1) is 15.5. The topological polar surface area (TPSA) is 106 Å². The van der Waals surface area contributed by atoms with Gasteiger partial charge in [0.25, 0.3) is 0 Å². The molecular weight excluding hydrogens is 422 g/mol. The molecule has 0 aromatic heterocycles. The van der Waals surface area contributed by atoms with Crippen LogP contribution in [-0.4, -0.2) is 36.7 Å². The Morgan fingerprint density at radius 1 is 0.848 bits per heavy atom. The highest BCUT2D eigenvalue weighted by molar-refractivity contribution is 5.94. The van der Waals surface area contributed by atoms with Gasteiger partial charge in [0.1, 0.15) is 17.9 Å². The van der Waals surface area contributed by atoms with Crippen LogP contribution in [-0.2, 0) is 14.3 Å². The number of para-hydroxylation sites is 1. The Morgan fingerprint density at radius 2 is 1.39 bits per heavy atom. The highest BCUT2D eigenvalue weighted by Crippen LogP contribution is 2.22. The maximum Gasteiger partial charge on any atom is 0.408 e. The molecule has 3 N–H and O–H groups in total. The number of hydrogen-bond donors (Lipinski definition) is 3. The first-order valence-corrected chi connectivity index (χ1v) is 10.9. The average molecular weight is 456 g/mol. The number of anilines is 2. The van der Waals surface area contributed by atoms with Crippen LogP contribution >= 0.6 is 0 Å². The SMILES string of the molecule is Cc1cccc(C)c1OCCCC(=O)Nc1ccc(NC(=O)CNC(=O)OC(C)(C)C)cc1. The lowest BCUT2D eigenvalue weighted by atomic mass is 10.1. The van der Waals surface area contributed by atoms with E-state index in [0.29, 0.717) is 30.8 Å². The predicted octanol–water partition coefficient (Wildman–Crippen LogP) is 4.56. The number of rotatable bonds is 9. The second-order valence-electron chi connectivity index (χ2n) is 8.70. The van der Waals surface area contributed by atoms with Crippen LogP contribution in [0.2, 0.25) is 0 Å². The Bertz CT molecular complexity index is 945. The molecular formula is C25H33N3O5. The fraction of sp³-hybridized carbons (Fsp3) is 0.400. The van der Waals surface area contributed by atoms with E-state index in [4.69, 9.17) is 9.47 Å². The van der Waals surface area contributed by atoms with Gasteiger partial charge < -0.3 is 25.4 Å². The Balaban J connectivity index is 1.70. The lowest BCUT2D eigenvalue weighted by Crippen LogP contribution is -2.37. The van der Waals surface area contributed by atoms with Crippen molar-refractivity contribution >= 4 is 29.3 Å². The third kappa shape index (κ3) is 9.64. The molecule has 0 fully saturated rings. The average Bonchev–Trinajstić information content (AvgIpc) is 2.71. The molecule has 8 nitrogen and oxygen atoms in total. The highest BCUT2D eigenvalue weighted by Gasteiger charge is 2.16. The van der Waals surface area contributed by atoms with Crippen LogP contribution in [0.4, 0.5) is 16.2 Å². The van der Waals surface area contributed by atoms with E-state index >= 15 is 0 Å². The number of aryl methyl sites for hydroxylation is 2. The summed E-state index contributed by atoms with van der Waals surface area (Å²) in [4.78, 5) is 35.8. The quantitative estimate of drug-likeness (QED) is 0.481. The lowest BCUT2D eigenvalue weighted by molar-refractivity contribution is -0.116. The van der Waals surface area contributed by atoms with Gasteiger partial charge in [-0.1, -0.05) is 18.2 Å². The summed E-state index contributed by atoms with van der Waals surface area (Å²) >= 11 is 0. The molecule has 3 amide bonds. The number of nitrogens with one attached hydrogen (secondary N) is 3. The van der Waals surface area contributed by atoms with Crippen molar-refractivity contribution in [1.29, 1.82) is 0 Å². The second kappa shape index (κ2) is 11.9. The van der Waals surface area contributed by atoms with E-state index in [1.54, 1.807) is 45.0 Å². The standard InChI is InChI=1S/C25H33N3O5/c1-17-8-6-9-18(2)23(17)32-15-7-10-21(29)27-19-11-13-20(14-12-19)28-22(30)16-26-24(31)33-25(3,4)5/h6,8-9,11-14H,7,10,15-16H2,1-5H3,(H,26,31)(H,27,29)(H,28,30). The van der Waals surface area contributed by atoms with Crippen molar-refractivity contribution in [2.24, 2.45) is 0 Å². The normalized spacial score (nSPS) is 10.8. The van der Waals surface area contributed by atoms with Crippen molar-refractivity contribution < 1.29 is 23.9 Å². The Hall–Kier alpha value is -3.55. The van der Waals surface area contributed by atoms with Crippen LogP contribution in [0.3, 0.4) is 0 Å². The molecule has 2 rings (SSSR count). The first-order valence-electron chi connectivity index (χ1n) is 10.9. The van der Waals surface area contributed by atoms with E-state index < -0.39 is 11.7 Å². The first kappa shape index (κ1) is 25.7. The molecule has 33 heavy (non-hydrogen) atoms. The lowest BCUT2D eigenvalue weighted by Gasteiger charge is -2.19. The van der Waals surface area contributed by atoms with Crippen LogP contribution in [0.1, 0.15) is 44.7 Å². The van der Waals surface area contributed by atoms with Crippen molar-refractivity contribution in [3.05, 3.63) is 53.6 Å². The second-order valence-corrected chi connectivity index (χ2v) is 8.70. The number of benzene rings is 2. The molecule has 0 saturated heterocycles. The zero-order valence-electron chi connectivity index (χ0n) is 19.9. The fourth-order valence-electron chi connectivity index (χ4n) is 2.97. The molecule has 0 saturated carbocycles. The molecule has 178 valence electrons. The van der Waals surface area contributed by atoms with Gasteiger partial charge in [-0.05, 0) is 76.4 Å². The van der Waals surface area contributed by atoms with Gasteiger partial charge in [-0.3, -0.25) is 9.59 Å². The molecule has 0 heterocycles. The van der Waals surface area contributed by atoms with Gasteiger partial charge in [0, 0.05) is 17.8 Å². The van der Waals surface area contributed by atoms with Crippen molar-refractivity contribution in [3.63, 3.8) is 0 Å². The molecule has 0 unspecified atom stereocenters. The van der Waals surface area contributed by atoms with Crippen molar-refractivity contribution in [2.75, 3.05) is 23.8 Å². The molecule has 0 aliphatic rings. The summed E-state index contributed by atoms with van der Waals surface area (Å²) in [5.41, 5.74) is 2.69. The maximum atomic E-state index is 12.2. The fourth-order valence-corrected chi connectivity index (χ4v) is 2.97. The number of alkyl carbamates (subject to hydrolysis) is 1. The van der Waals surface area contributed by atoms with Crippen LogP contribution in [0, 0.1) is 13.8 Å². The predicted molar refractivity (Wildman–Crippen MR) is 129 cm³/mol. The van der Waals surface area contributed by atoms with E-state index in [1.165, 1.54) is 0 Å². The molecule has 2 aromatic carbocycles. The van der Waals surface area contributed by atoms with Gasteiger partial charge in [0.2, 0.25) is 11.8 Å². The van der Waals surface area contributed by atoms with Crippen molar-refractivity contribution in [1.82, 2.24) is 5.32 Å². The van der Waals surface area contributed by atoms with Crippen LogP contribution < -0.4 is 20.7 Å². The van der Waals surface area contributed by atoms with Gasteiger partial charge in [-0.25, -0.2) is 4.79 Å². The highest BCUT2D eigenvalue weighted by atomic mass is 16.6. The summed E-state index contributed by atoms with van der Waals surface area (Å²) in [5.74, 6) is 0.372. The van der Waals surface area contributed by atoms with Crippen LogP contribution in [0.5, 0.6) is 5.75 Å². The van der Waals surface area contributed by atoms with Crippen molar-refractivity contribution in [3.8, 4) is 5.75 Å². The maximum absolute atomic E-state index is 12.2. The summed E-state index contributed by atoms with van der Waals surface area (Å²) < 4.78 is 10.9. The van der Waals surface area contributed by atoms with Gasteiger partial charge in [0.05, 0.1) is 6.61 Å². The Labute approximate surface area is 195 Å². The summed E-state index contributed by atoms with van der Waals surface area (Å²) in [6.07, 6.45) is 0.271. The third-order valence-corrected chi connectivity index (χ3v) is 4.45. The van der Waals surface area contributed by atoms with Crippen molar-refractivity contribution in [2.45, 2.75) is 53.1 Å². The number of hydrogen-bond acceptors (Lipinski definition) is 5. The minimum Gasteiger partial charge on any atom is -0.493 e. The van der Waals surface area contributed by atoms with Gasteiger partial charge >= 0.3 is 6.09 Å². The zero-order chi connectivity index (χ0) is 24.4. The minimum atomic E-state index is -0.657. The van der Waals surface area contributed by atoms with E-state index in [2.05, 4.69) is 16.0 Å². The zero-order valence-corrected chi connectivity index (χ0v) is 19.9. The minimum absolute atomic E-state index is 0.113. The van der Waals surface area contributed by atoms with E-state index in [0.717, 1.165) is 16.9 Å². The molecule has 0 atom stereocenters. The summed E-state index contributed by atoms with van der Waals surface area (Å²) in [6.45, 7) is 9.48. The Morgan fingerprint density at radius 3 is 1.94 bits per heavy atom.